The molecule has 31 heavy (non-hydrogen) atoms. The van der Waals surface area contributed by atoms with Gasteiger partial charge in [-0.2, -0.15) is 5.26 Å². The van der Waals surface area contributed by atoms with E-state index in [9.17, 15) is 19.6 Å². The SMILES string of the molecule is Cc1[nH]c(=O)c(C#N)c(C)c1CCC(=O)Nc1ccccc1C(=O)NCC1CCCO1. The number of hydrogen-bond donors (Lipinski definition) is 3. The van der Waals surface area contributed by atoms with Gasteiger partial charge in [-0.05, 0) is 56.4 Å². The van der Waals surface area contributed by atoms with Gasteiger partial charge in [0.25, 0.3) is 11.5 Å². The van der Waals surface area contributed by atoms with Gasteiger partial charge in [0.2, 0.25) is 5.91 Å². The first-order valence-corrected chi connectivity index (χ1v) is 10.3. The molecule has 0 radical (unpaired) electrons. The number of carbonyl (C=O) groups is 2. The third-order valence-corrected chi connectivity index (χ3v) is 5.48. The van der Waals surface area contributed by atoms with Crippen LogP contribution in [0.25, 0.3) is 0 Å². The van der Waals surface area contributed by atoms with Gasteiger partial charge in [0.15, 0.2) is 0 Å². The zero-order valence-corrected chi connectivity index (χ0v) is 17.7. The molecule has 8 nitrogen and oxygen atoms in total. The first kappa shape index (κ1) is 22.2. The summed E-state index contributed by atoms with van der Waals surface area (Å²) in [6, 6.07) is 8.75. The van der Waals surface area contributed by atoms with Crippen LogP contribution >= 0.6 is 0 Å². The lowest BCUT2D eigenvalue weighted by molar-refractivity contribution is -0.116. The maximum atomic E-state index is 12.6. The number of aryl methyl sites for hydroxylation is 1. The maximum absolute atomic E-state index is 12.6. The summed E-state index contributed by atoms with van der Waals surface area (Å²) in [5.74, 6) is -0.528. The number of benzene rings is 1. The molecule has 1 unspecified atom stereocenters. The van der Waals surface area contributed by atoms with Crippen molar-refractivity contribution in [3.8, 4) is 6.07 Å². The minimum atomic E-state index is -0.423. The van der Waals surface area contributed by atoms with Crippen LogP contribution < -0.4 is 16.2 Å². The van der Waals surface area contributed by atoms with E-state index in [-0.39, 0.29) is 29.9 Å². The second-order valence-electron chi connectivity index (χ2n) is 7.61. The number of ether oxygens (including phenoxy) is 1. The number of pyridine rings is 1. The van der Waals surface area contributed by atoms with Crippen LogP contribution in [0.15, 0.2) is 29.1 Å². The van der Waals surface area contributed by atoms with Gasteiger partial charge in [0.05, 0.1) is 17.4 Å². The van der Waals surface area contributed by atoms with E-state index in [4.69, 9.17) is 4.74 Å². The fourth-order valence-electron chi connectivity index (χ4n) is 3.77. The van der Waals surface area contributed by atoms with Crippen molar-refractivity contribution in [2.75, 3.05) is 18.5 Å². The summed E-state index contributed by atoms with van der Waals surface area (Å²) in [5, 5.41) is 14.9. The zero-order chi connectivity index (χ0) is 22.4. The molecule has 8 heteroatoms. The number of anilines is 1. The number of para-hydroxylation sites is 1. The van der Waals surface area contributed by atoms with Crippen molar-refractivity contribution < 1.29 is 14.3 Å². The number of aromatic nitrogens is 1. The smallest absolute Gasteiger partial charge is 0.266 e. The quantitative estimate of drug-likeness (QED) is 0.632. The van der Waals surface area contributed by atoms with Crippen molar-refractivity contribution in [1.82, 2.24) is 10.3 Å². The van der Waals surface area contributed by atoms with Crippen LogP contribution in [0.2, 0.25) is 0 Å². The molecule has 162 valence electrons. The Labute approximate surface area is 180 Å². The molecule has 0 spiro atoms. The molecule has 0 saturated carbocycles. The number of nitrogens with zero attached hydrogens (tertiary/aromatic N) is 1. The maximum Gasteiger partial charge on any atom is 0.266 e. The van der Waals surface area contributed by atoms with Gasteiger partial charge in [-0.15, -0.1) is 0 Å². The largest absolute Gasteiger partial charge is 0.376 e. The lowest BCUT2D eigenvalue weighted by atomic mass is 9.99. The second-order valence-corrected chi connectivity index (χ2v) is 7.61. The molecule has 1 aliphatic rings. The predicted molar refractivity (Wildman–Crippen MR) is 116 cm³/mol. The minimum Gasteiger partial charge on any atom is -0.376 e. The number of amides is 2. The highest BCUT2D eigenvalue weighted by Gasteiger charge is 2.19. The Balaban J connectivity index is 1.64. The van der Waals surface area contributed by atoms with Crippen molar-refractivity contribution in [2.24, 2.45) is 0 Å². The highest BCUT2D eigenvalue weighted by Crippen LogP contribution is 2.18. The van der Waals surface area contributed by atoms with Gasteiger partial charge < -0.3 is 20.4 Å². The normalized spacial score (nSPS) is 15.3. The van der Waals surface area contributed by atoms with Gasteiger partial charge in [-0.25, -0.2) is 0 Å². The van der Waals surface area contributed by atoms with E-state index in [2.05, 4.69) is 15.6 Å². The number of aromatic amines is 1. The molecular formula is C23H26N4O4. The molecule has 3 rings (SSSR count). The topological polar surface area (TPSA) is 124 Å². The summed E-state index contributed by atoms with van der Waals surface area (Å²) in [6.07, 6.45) is 2.47. The summed E-state index contributed by atoms with van der Waals surface area (Å²) in [5.41, 5.74) is 2.47. The Kier molecular flexibility index (Phi) is 7.21. The molecule has 2 aromatic rings. The van der Waals surface area contributed by atoms with Crippen LogP contribution in [0, 0.1) is 25.2 Å². The molecule has 1 aromatic carbocycles. The van der Waals surface area contributed by atoms with Gasteiger partial charge in [0.1, 0.15) is 11.6 Å². The molecule has 1 saturated heterocycles. The standard InChI is InChI=1S/C23H26N4O4/c1-14-17(15(2)26-23(30)19(14)12-24)9-10-21(28)27-20-8-4-3-7-18(20)22(29)25-13-16-6-5-11-31-16/h3-4,7-8,16H,5-6,9-11,13H2,1-2H3,(H,25,29)(H,26,30)(H,27,28). The molecule has 2 amide bonds. The van der Waals surface area contributed by atoms with E-state index in [0.717, 1.165) is 25.0 Å². The Morgan fingerprint density at radius 2 is 2.06 bits per heavy atom. The van der Waals surface area contributed by atoms with Crippen molar-refractivity contribution in [3.05, 3.63) is 62.6 Å². The number of nitriles is 1. The molecule has 0 bridgehead atoms. The number of nitrogens with one attached hydrogen (secondary N) is 3. The zero-order valence-electron chi connectivity index (χ0n) is 17.7. The van der Waals surface area contributed by atoms with E-state index in [1.807, 2.05) is 6.07 Å². The minimum absolute atomic E-state index is 0.0350. The number of carbonyl (C=O) groups excluding carboxylic acids is 2. The van der Waals surface area contributed by atoms with Crippen LogP contribution in [0.3, 0.4) is 0 Å². The number of rotatable bonds is 7. The third kappa shape index (κ3) is 5.38. The van der Waals surface area contributed by atoms with E-state index in [1.54, 1.807) is 38.1 Å². The molecular weight excluding hydrogens is 396 g/mol. The first-order chi connectivity index (χ1) is 14.9. The Hall–Kier alpha value is -3.44. The average Bonchev–Trinajstić information content (AvgIpc) is 3.26. The van der Waals surface area contributed by atoms with Crippen LogP contribution in [-0.4, -0.2) is 36.1 Å². The second kappa shape index (κ2) is 10.0. The Bertz CT molecular complexity index is 1080. The van der Waals surface area contributed by atoms with Gasteiger partial charge in [-0.1, -0.05) is 12.1 Å². The van der Waals surface area contributed by atoms with Gasteiger partial charge >= 0.3 is 0 Å². The van der Waals surface area contributed by atoms with E-state index < -0.39 is 5.56 Å². The molecule has 1 aromatic heterocycles. The van der Waals surface area contributed by atoms with Crippen LogP contribution in [0.4, 0.5) is 5.69 Å². The highest BCUT2D eigenvalue weighted by atomic mass is 16.5. The summed E-state index contributed by atoms with van der Waals surface area (Å²) in [7, 11) is 0. The fraction of sp³-hybridized carbons (Fsp3) is 0.391. The van der Waals surface area contributed by atoms with Crippen molar-refractivity contribution in [2.45, 2.75) is 45.6 Å². The average molecular weight is 422 g/mol. The Morgan fingerprint density at radius 1 is 1.29 bits per heavy atom. The van der Waals surface area contributed by atoms with Crippen LogP contribution in [0.1, 0.15) is 52.0 Å². The lowest BCUT2D eigenvalue weighted by Crippen LogP contribution is -2.32. The summed E-state index contributed by atoms with van der Waals surface area (Å²) in [4.78, 5) is 39.7. The Morgan fingerprint density at radius 3 is 2.77 bits per heavy atom. The van der Waals surface area contributed by atoms with E-state index in [1.165, 1.54) is 0 Å². The van der Waals surface area contributed by atoms with Crippen molar-refractivity contribution in [3.63, 3.8) is 0 Å². The molecule has 3 N–H and O–H groups in total. The molecule has 2 heterocycles. The predicted octanol–water partition coefficient (Wildman–Crippen LogP) is 2.34. The lowest BCUT2D eigenvalue weighted by Gasteiger charge is -2.14. The summed E-state index contributed by atoms with van der Waals surface area (Å²) < 4.78 is 5.52. The van der Waals surface area contributed by atoms with E-state index in [0.29, 0.717) is 35.5 Å². The molecule has 1 fully saturated rings. The fourth-order valence-corrected chi connectivity index (χ4v) is 3.77. The van der Waals surface area contributed by atoms with Crippen molar-refractivity contribution in [1.29, 1.82) is 5.26 Å². The molecule has 1 atom stereocenters. The molecule has 1 aliphatic heterocycles. The monoisotopic (exact) mass is 422 g/mol. The summed E-state index contributed by atoms with van der Waals surface area (Å²) >= 11 is 0. The third-order valence-electron chi connectivity index (χ3n) is 5.48. The molecule has 0 aliphatic carbocycles. The first-order valence-electron chi connectivity index (χ1n) is 10.3. The van der Waals surface area contributed by atoms with Crippen LogP contribution in [0.5, 0.6) is 0 Å². The highest BCUT2D eigenvalue weighted by molar-refractivity contribution is 6.03. The van der Waals surface area contributed by atoms with Gasteiger partial charge in [-0.3, -0.25) is 14.4 Å². The van der Waals surface area contributed by atoms with Crippen LogP contribution in [-0.2, 0) is 16.0 Å². The number of hydrogen-bond acceptors (Lipinski definition) is 5. The number of H-pyrrole nitrogens is 1. The van der Waals surface area contributed by atoms with Gasteiger partial charge in [0, 0.05) is 25.3 Å². The van der Waals surface area contributed by atoms with E-state index >= 15 is 0 Å². The van der Waals surface area contributed by atoms with Crippen molar-refractivity contribution >= 4 is 17.5 Å². The summed E-state index contributed by atoms with van der Waals surface area (Å²) in [6.45, 7) is 4.61.